The Bertz CT molecular complexity index is 432. The van der Waals surface area contributed by atoms with Gasteiger partial charge in [-0.15, -0.1) is 0 Å². The Hall–Kier alpha value is -1.69. The van der Waals surface area contributed by atoms with Crippen molar-refractivity contribution in [3.05, 3.63) is 30.3 Å². The number of halogens is 1. The standard InChI is InChI=1S/C8H6FN3OS/c9-6-3-5(10)1-2-7(6)13-8-11-4-12-14-8/h1-4H,10H2. The lowest BCUT2D eigenvalue weighted by molar-refractivity contribution is 0.440. The molecule has 1 aromatic carbocycles. The first-order valence-electron chi connectivity index (χ1n) is 3.75. The number of rotatable bonds is 2. The van der Waals surface area contributed by atoms with Crippen LogP contribution in [-0.2, 0) is 0 Å². The van der Waals surface area contributed by atoms with Crippen LogP contribution in [0.5, 0.6) is 10.9 Å². The van der Waals surface area contributed by atoms with Gasteiger partial charge in [0.05, 0.1) is 0 Å². The largest absolute Gasteiger partial charge is 0.427 e. The average Bonchev–Trinajstić information content (AvgIpc) is 2.62. The maximum absolute atomic E-state index is 13.2. The molecule has 6 heteroatoms. The minimum atomic E-state index is -0.514. The molecule has 0 saturated heterocycles. The molecule has 2 N–H and O–H groups in total. The fourth-order valence-electron chi connectivity index (χ4n) is 0.902. The SMILES string of the molecule is Nc1ccc(Oc2ncns2)c(F)c1. The van der Waals surface area contributed by atoms with Crippen molar-refractivity contribution in [2.24, 2.45) is 0 Å². The van der Waals surface area contributed by atoms with Crippen LogP contribution in [0.15, 0.2) is 24.5 Å². The number of hydrogen-bond acceptors (Lipinski definition) is 5. The molecule has 0 atom stereocenters. The second-order valence-electron chi connectivity index (χ2n) is 2.50. The highest BCUT2D eigenvalue weighted by Gasteiger charge is 2.06. The summed E-state index contributed by atoms with van der Waals surface area (Å²) in [7, 11) is 0. The van der Waals surface area contributed by atoms with E-state index in [0.717, 1.165) is 11.5 Å². The summed E-state index contributed by atoms with van der Waals surface area (Å²) in [6.45, 7) is 0. The third kappa shape index (κ3) is 1.80. The van der Waals surface area contributed by atoms with Crippen LogP contribution in [-0.4, -0.2) is 9.36 Å². The van der Waals surface area contributed by atoms with Crippen molar-refractivity contribution in [3.63, 3.8) is 0 Å². The summed E-state index contributed by atoms with van der Waals surface area (Å²) in [4.78, 5) is 3.76. The van der Waals surface area contributed by atoms with Gasteiger partial charge in [0, 0.05) is 23.3 Å². The summed E-state index contributed by atoms with van der Waals surface area (Å²) in [5.74, 6) is -0.420. The summed E-state index contributed by atoms with van der Waals surface area (Å²) in [5.41, 5.74) is 5.73. The molecular formula is C8H6FN3OS. The van der Waals surface area contributed by atoms with Gasteiger partial charge in [-0.1, -0.05) is 0 Å². The smallest absolute Gasteiger partial charge is 0.298 e. The van der Waals surface area contributed by atoms with Gasteiger partial charge in [-0.25, -0.2) is 4.39 Å². The van der Waals surface area contributed by atoms with Crippen LogP contribution >= 0.6 is 11.5 Å². The summed E-state index contributed by atoms with van der Waals surface area (Å²) in [5, 5.41) is 0.300. The molecule has 4 nitrogen and oxygen atoms in total. The van der Waals surface area contributed by atoms with E-state index >= 15 is 0 Å². The highest BCUT2D eigenvalue weighted by Crippen LogP contribution is 2.25. The molecule has 0 aliphatic rings. The molecule has 0 radical (unpaired) electrons. The molecule has 14 heavy (non-hydrogen) atoms. The van der Waals surface area contributed by atoms with E-state index in [1.165, 1.54) is 18.5 Å². The van der Waals surface area contributed by atoms with Gasteiger partial charge in [0.25, 0.3) is 5.19 Å². The molecule has 2 rings (SSSR count). The Kier molecular flexibility index (Phi) is 2.28. The molecule has 0 amide bonds. The number of aromatic nitrogens is 2. The number of benzene rings is 1. The number of nitrogens with two attached hydrogens (primary N) is 1. The maximum Gasteiger partial charge on any atom is 0.298 e. The van der Waals surface area contributed by atoms with Crippen LogP contribution < -0.4 is 10.5 Å². The van der Waals surface area contributed by atoms with Gasteiger partial charge in [-0.2, -0.15) is 9.36 Å². The minimum absolute atomic E-state index is 0.0935. The van der Waals surface area contributed by atoms with E-state index in [-0.39, 0.29) is 5.75 Å². The van der Waals surface area contributed by atoms with E-state index in [2.05, 4.69) is 9.36 Å². The van der Waals surface area contributed by atoms with E-state index in [9.17, 15) is 4.39 Å². The van der Waals surface area contributed by atoms with Crippen LogP contribution in [0.3, 0.4) is 0 Å². The first-order valence-corrected chi connectivity index (χ1v) is 4.52. The zero-order valence-corrected chi connectivity index (χ0v) is 7.79. The van der Waals surface area contributed by atoms with E-state index in [1.54, 1.807) is 6.07 Å². The monoisotopic (exact) mass is 211 g/mol. The van der Waals surface area contributed by atoms with Crippen molar-refractivity contribution in [2.75, 3.05) is 5.73 Å². The third-order valence-electron chi connectivity index (χ3n) is 1.49. The molecule has 0 bridgehead atoms. The summed E-state index contributed by atoms with van der Waals surface area (Å²) in [6, 6.07) is 4.20. The van der Waals surface area contributed by atoms with Gasteiger partial charge in [0.2, 0.25) is 0 Å². The molecule has 0 saturated carbocycles. The van der Waals surface area contributed by atoms with Gasteiger partial charge in [-0.05, 0) is 12.1 Å². The van der Waals surface area contributed by atoms with Crippen LogP contribution in [0, 0.1) is 5.82 Å². The first kappa shape index (κ1) is 8.89. The van der Waals surface area contributed by atoms with Crippen LogP contribution in [0.4, 0.5) is 10.1 Å². The Balaban J connectivity index is 2.25. The second-order valence-corrected chi connectivity index (χ2v) is 3.24. The number of nitrogens with zero attached hydrogens (tertiary/aromatic N) is 2. The lowest BCUT2D eigenvalue weighted by Gasteiger charge is -2.02. The molecule has 0 aliphatic carbocycles. The quantitative estimate of drug-likeness (QED) is 0.772. The van der Waals surface area contributed by atoms with Crippen molar-refractivity contribution in [1.29, 1.82) is 0 Å². The fraction of sp³-hybridized carbons (Fsp3) is 0. The van der Waals surface area contributed by atoms with Crippen molar-refractivity contribution >= 4 is 17.2 Å². The molecule has 2 aromatic rings. The van der Waals surface area contributed by atoms with Gasteiger partial charge in [0.1, 0.15) is 6.33 Å². The molecular weight excluding hydrogens is 205 g/mol. The molecule has 0 spiro atoms. The van der Waals surface area contributed by atoms with E-state index in [1.807, 2.05) is 0 Å². The third-order valence-corrected chi connectivity index (χ3v) is 2.04. The van der Waals surface area contributed by atoms with Crippen LogP contribution in [0.25, 0.3) is 0 Å². The van der Waals surface area contributed by atoms with Gasteiger partial charge in [0.15, 0.2) is 11.6 Å². The van der Waals surface area contributed by atoms with Gasteiger partial charge in [-0.3, -0.25) is 0 Å². The van der Waals surface area contributed by atoms with Crippen molar-refractivity contribution in [1.82, 2.24) is 9.36 Å². The molecule has 72 valence electrons. The van der Waals surface area contributed by atoms with Gasteiger partial charge < -0.3 is 10.5 Å². The zero-order valence-electron chi connectivity index (χ0n) is 6.98. The van der Waals surface area contributed by atoms with Crippen molar-refractivity contribution < 1.29 is 9.13 Å². The molecule has 1 heterocycles. The van der Waals surface area contributed by atoms with Crippen molar-refractivity contribution in [2.45, 2.75) is 0 Å². The number of nitrogen functional groups attached to an aromatic ring is 1. The molecule has 0 unspecified atom stereocenters. The first-order chi connectivity index (χ1) is 6.75. The highest BCUT2D eigenvalue weighted by molar-refractivity contribution is 7.07. The average molecular weight is 211 g/mol. The highest BCUT2D eigenvalue weighted by atomic mass is 32.1. The summed E-state index contributed by atoms with van der Waals surface area (Å²) >= 11 is 1.05. The summed E-state index contributed by atoms with van der Waals surface area (Å²) < 4.78 is 22.0. The Morgan fingerprint density at radius 1 is 1.43 bits per heavy atom. The lowest BCUT2D eigenvalue weighted by Crippen LogP contribution is -1.90. The second kappa shape index (κ2) is 3.59. The van der Waals surface area contributed by atoms with Gasteiger partial charge >= 0.3 is 0 Å². The Morgan fingerprint density at radius 2 is 2.29 bits per heavy atom. The number of anilines is 1. The summed E-state index contributed by atoms with van der Waals surface area (Å²) in [6.07, 6.45) is 1.34. The molecule has 0 fully saturated rings. The zero-order chi connectivity index (χ0) is 9.97. The maximum atomic E-state index is 13.2. The predicted molar refractivity (Wildman–Crippen MR) is 50.8 cm³/mol. The minimum Gasteiger partial charge on any atom is -0.427 e. The normalized spacial score (nSPS) is 10.1. The Labute approximate surface area is 83.3 Å². The van der Waals surface area contributed by atoms with E-state index < -0.39 is 5.82 Å². The lowest BCUT2D eigenvalue weighted by atomic mass is 10.3. The predicted octanol–water partition coefficient (Wildman–Crippen LogP) is 2.05. The molecule has 1 aromatic heterocycles. The van der Waals surface area contributed by atoms with Crippen molar-refractivity contribution in [3.8, 4) is 10.9 Å². The number of hydrogen-bond donors (Lipinski definition) is 1. The van der Waals surface area contributed by atoms with Crippen LogP contribution in [0.2, 0.25) is 0 Å². The Morgan fingerprint density at radius 3 is 2.93 bits per heavy atom. The van der Waals surface area contributed by atoms with E-state index in [0.29, 0.717) is 10.9 Å². The number of ether oxygens (including phenoxy) is 1. The van der Waals surface area contributed by atoms with Crippen LogP contribution in [0.1, 0.15) is 0 Å². The molecule has 0 aliphatic heterocycles. The topological polar surface area (TPSA) is 61.0 Å². The fourth-order valence-corrected chi connectivity index (χ4v) is 1.31. The van der Waals surface area contributed by atoms with E-state index in [4.69, 9.17) is 10.5 Å².